The van der Waals surface area contributed by atoms with Crippen molar-refractivity contribution in [3.05, 3.63) is 0 Å². The van der Waals surface area contributed by atoms with Crippen LogP contribution >= 0.6 is 0 Å². The topological polar surface area (TPSA) is 51.1 Å². The van der Waals surface area contributed by atoms with Gasteiger partial charge in [0, 0.05) is 6.42 Å². The van der Waals surface area contributed by atoms with Crippen molar-refractivity contribution in [2.75, 3.05) is 13.1 Å². The first-order chi connectivity index (χ1) is 7.84. The highest BCUT2D eigenvalue weighted by molar-refractivity contribution is 6.01. The first kappa shape index (κ1) is 11.8. The molecule has 1 amide bonds. The highest BCUT2D eigenvalue weighted by atomic mass is 16.7. The molecule has 0 bridgehead atoms. The van der Waals surface area contributed by atoms with Crippen molar-refractivity contribution in [1.29, 1.82) is 0 Å². The number of hydrogen-bond donors (Lipinski definition) is 0. The Kier molecular flexibility index (Phi) is 2.53. The standard InChI is InChI=1S/C12H16N2O3/c1-5-9-6-12(17-13-9)7-14(8-12)10(15)16-11(2,3)4/h1H,6-8H2,2-4H3. The Labute approximate surface area is 101 Å². The fraction of sp³-hybridized carbons (Fsp3) is 0.667. The van der Waals surface area contributed by atoms with Gasteiger partial charge in [0.05, 0.1) is 13.1 Å². The molecule has 2 heterocycles. The van der Waals surface area contributed by atoms with Crippen LogP contribution in [0.2, 0.25) is 0 Å². The van der Waals surface area contributed by atoms with Gasteiger partial charge in [0.15, 0.2) is 5.60 Å². The first-order valence-corrected chi connectivity index (χ1v) is 5.53. The summed E-state index contributed by atoms with van der Waals surface area (Å²) in [6, 6.07) is 0. The predicted molar refractivity (Wildman–Crippen MR) is 62.5 cm³/mol. The maximum absolute atomic E-state index is 11.7. The summed E-state index contributed by atoms with van der Waals surface area (Å²) in [7, 11) is 0. The number of nitrogens with zero attached hydrogens (tertiary/aromatic N) is 2. The van der Waals surface area contributed by atoms with Gasteiger partial charge in [-0.05, 0) is 20.8 Å². The van der Waals surface area contributed by atoms with Crippen molar-refractivity contribution < 1.29 is 14.4 Å². The van der Waals surface area contributed by atoms with E-state index in [4.69, 9.17) is 16.0 Å². The zero-order valence-corrected chi connectivity index (χ0v) is 10.3. The molecule has 0 saturated carbocycles. The SMILES string of the molecule is C#CC1=NOC2(C1)CN(C(=O)OC(C)(C)C)C2. The average molecular weight is 236 g/mol. The molecule has 2 rings (SSSR count). The summed E-state index contributed by atoms with van der Waals surface area (Å²) in [4.78, 5) is 18.6. The summed E-state index contributed by atoms with van der Waals surface area (Å²) in [6.07, 6.45) is 5.53. The average Bonchev–Trinajstić information content (AvgIpc) is 2.56. The molecule has 0 atom stereocenters. The summed E-state index contributed by atoms with van der Waals surface area (Å²) in [5, 5.41) is 3.80. The van der Waals surface area contributed by atoms with E-state index in [0.717, 1.165) is 0 Å². The molecule has 2 aliphatic rings. The van der Waals surface area contributed by atoms with Gasteiger partial charge in [0.1, 0.15) is 11.3 Å². The highest BCUT2D eigenvalue weighted by Gasteiger charge is 2.52. The van der Waals surface area contributed by atoms with Gasteiger partial charge in [-0.1, -0.05) is 11.1 Å². The van der Waals surface area contributed by atoms with E-state index in [-0.39, 0.29) is 6.09 Å². The Morgan fingerprint density at radius 2 is 2.24 bits per heavy atom. The van der Waals surface area contributed by atoms with Gasteiger partial charge in [-0.3, -0.25) is 4.90 Å². The monoisotopic (exact) mass is 236 g/mol. The third-order valence-electron chi connectivity index (χ3n) is 2.62. The van der Waals surface area contributed by atoms with Crippen LogP contribution in [0.1, 0.15) is 27.2 Å². The number of oxime groups is 1. The molecule has 92 valence electrons. The fourth-order valence-corrected chi connectivity index (χ4v) is 1.87. The van der Waals surface area contributed by atoms with Crippen LogP contribution in [0.15, 0.2) is 5.16 Å². The minimum atomic E-state index is -0.475. The summed E-state index contributed by atoms with van der Waals surface area (Å²) in [6.45, 7) is 6.48. The summed E-state index contributed by atoms with van der Waals surface area (Å²) in [5.74, 6) is 2.46. The van der Waals surface area contributed by atoms with Crippen molar-refractivity contribution in [3.63, 3.8) is 0 Å². The molecular weight excluding hydrogens is 220 g/mol. The van der Waals surface area contributed by atoms with Gasteiger partial charge < -0.3 is 9.57 Å². The van der Waals surface area contributed by atoms with Gasteiger partial charge in [-0.15, -0.1) is 6.42 Å². The smallest absolute Gasteiger partial charge is 0.410 e. The van der Waals surface area contributed by atoms with E-state index >= 15 is 0 Å². The Morgan fingerprint density at radius 3 is 2.71 bits per heavy atom. The maximum atomic E-state index is 11.7. The van der Waals surface area contributed by atoms with Gasteiger partial charge >= 0.3 is 6.09 Å². The lowest BCUT2D eigenvalue weighted by Gasteiger charge is -2.45. The summed E-state index contributed by atoms with van der Waals surface area (Å²) >= 11 is 0. The van der Waals surface area contributed by atoms with Crippen LogP contribution in [0.5, 0.6) is 0 Å². The molecule has 0 unspecified atom stereocenters. The minimum Gasteiger partial charge on any atom is -0.444 e. The number of ether oxygens (including phenoxy) is 1. The van der Waals surface area contributed by atoms with Gasteiger partial charge in [0.2, 0.25) is 0 Å². The number of carbonyl (C=O) groups is 1. The van der Waals surface area contributed by atoms with E-state index in [1.165, 1.54) is 0 Å². The van der Waals surface area contributed by atoms with Crippen LogP contribution in [0.3, 0.4) is 0 Å². The predicted octanol–water partition coefficient (Wildman–Crippen LogP) is 1.39. The van der Waals surface area contributed by atoms with E-state index in [9.17, 15) is 4.79 Å². The van der Waals surface area contributed by atoms with Gasteiger partial charge in [-0.2, -0.15) is 0 Å². The summed E-state index contributed by atoms with van der Waals surface area (Å²) in [5.41, 5.74) is -0.274. The fourth-order valence-electron chi connectivity index (χ4n) is 1.87. The van der Waals surface area contributed by atoms with Gasteiger partial charge in [0.25, 0.3) is 0 Å². The minimum absolute atomic E-state index is 0.319. The van der Waals surface area contributed by atoms with E-state index in [1.807, 2.05) is 20.8 Å². The highest BCUT2D eigenvalue weighted by Crippen LogP contribution is 2.34. The molecule has 1 saturated heterocycles. The van der Waals surface area contributed by atoms with Crippen LogP contribution < -0.4 is 0 Å². The van der Waals surface area contributed by atoms with Crippen molar-refractivity contribution in [3.8, 4) is 12.3 Å². The lowest BCUT2D eigenvalue weighted by atomic mass is 9.89. The molecule has 1 spiro atoms. The lowest BCUT2D eigenvalue weighted by Crippen LogP contribution is -2.64. The maximum Gasteiger partial charge on any atom is 0.410 e. The van der Waals surface area contributed by atoms with Crippen LogP contribution in [0.25, 0.3) is 0 Å². The Bertz CT molecular complexity index is 408. The number of likely N-dealkylation sites (tertiary alicyclic amines) is 1. The molecule has 0 radical (unpaired) electrons. The number of rotatable bonds is 0. The molecule has 0 aliphatic carbocycles. The Morgan fingerprint density at radius 1 is 1.59 bits per heavy atom. The quantitative estimate of drug-likeness (QED) is 0.597. The second kappa shape index (κ2) is 3.66. The third kappa shape index (κ3) is 2.36. The number of hydrogen-bond acceptors (Lipinski definition) is 4. The third-order valence-corrected chi connectivity index (χ3v) is 2.62. The van der Waals surface area contributed by atoms with Crippen molar-refractivity contribution in [1.82, 2.24) is 4.90 Å². The molecule has 0 aromatic rings. The second-order valence-corrected chi connectivity index (χ2v) is 5.47. The van der Waals surface area contributed by atoms with Crippen LogP contribution in [0, 0.1) is 12.3 Å². The van der Waals surface area contributed by atoms with Crippen molar-refractivity contribution in [2.24, 2.45) is 5.16 Å². The molecule has 17 heavy (non-hydrogen) atoms. The van der Waals surface area contributed by atoms with E-state index in [0.29, 0.717) is 25.2 Å². The summed E-state index contributed by atoms with van der Waals surface area (Å²) < 4.78 is 5.25. The zero-order valence-electron chi connectivity index (χ0n) is 10.3. The lowest BCUT2D eigenvalue weighted by molar-refractivity contribution is -0.122. The molecule has 2 aliphatic heterocycles. The van der Waals surface area contributed by atoms with Crippen LogP contribution in [-0.4, -0.2) is 41.0 Å². The molecule has 5 heteroatoms. The van der Waals surface area contributed by atoms with E-state index in [2.05, 4.69) is 11.1 Å². The van der Waals surface area contributed by atoms with Crippen molar-refractivity contribution >= 4 is 11.8 Å². The first-order valence-electron chi connectivity index (χ1n) is 5.53. The van der Waals surface area contributed by atoms with Crippen LogP contribution in [0.4, 0.5) is 4.79 Å². The number of terminal acetylenes is 1. The Balaban J connectivity index is 1.84. The second-order valence-electron chi connectivity index (χ2n) is 5.47. The number of amides is 1. The Hall–Kier alpha value is -1.70. The number of carbonyl (C=O) groups excluding carboxylic acids is 1. The largest absolute Gasteiger partial charge is 0.444 e. The van der Waals surface area contributed by atoms with Gasteiger partial charge in [-0.25, -0.2) is 4.79 Å². The molecule has 1 fully saturated rings. The van der Waals surface area contributed by atoms with Crippen molar-refractivity contribution in [2.45, 2.75) is 38.4 Å². The molecule has 0 aromatic heterocycles. The van der Waals surface area contributed by atoms with E-state index in [1.54, 1.807) is 4.90 Å². The zero-order chi connectivity index (χ0) is 12.7. The molecule has 0 N–H and O–H groups in total. The normalized spacial score (nSPS) is 21.3. The molecule has 5 nitrogen and oxygen atoms in total. The molecular formula is C12H16N2O3. The molecule has 0 aromatic carbocycles. The van der Waals surface area contributed by atoms with Crippen LogP contribution in [-0.2, 0) is 9.57 Å². The van der Waals surface area contributed by atoms with E-state index < -0.39 is 11.2 Å².